The van der Waals surface area contributed by atoms with Gasteiger partial charge < -0.3 is 19.5 Å². The van der Waals surface area contributed by atoms with E-state index in [0.717, 1.165) is 6.20 Å². The second-order valence-electron chi connectivity index (χ2n) is 7.06. The Morgan fingerprint density at radius 3 is 3.00 bits per heavy atom. The predicted octanol–water partition coefficient (Wildman–Crippen LogP) is 1.02. The maximum absolute atomic E-state index is 15.6. The van der Waals surface area contributed by atoms with Gasteiger partial charge in [-0.2, -0.15) is 0 Å². The Bertz CT molecular complexity index is 1250. The number of aliphatic hydroxyl groups is 2. The smallest absolute Gasteiger partial charge is 0.403 e. The molecule has 1 unspecified atom stereocenters. The van der Waals surface area contributed by atoms with E-state index in [-0.39, 0.29) is 17.9 Å². The first-order chi connectivity index (χ1) is 15.4. The first-order valence-electron chi connectivity index (χ1n) is 10.1. The van der Waals surface area contributed by atoms with Crippen LogP contribution in [-0.4, -0.2) is 38.3 Å². The van der Waals surface area contributed by atoms with Crippen LogP contribution in [0.3, 0.4) is 0 Å². The molecule has 0 bridgehead atoms. The lowest BCUT2D eigenvalue weighted by Gasteiger charge is -2.28. The molecule has 4 rings (SSSR count). The second kappa shape index (κ2) is 7.97. The standard InChI is InChI=1S/C18H20FN2O9P/c1-10-3-2-4-11-8-27-31(26,30-14(10)11)28-9-18(19)5-13(23)16(29-18)21-6-12(7-22)15(24)20-17(21)25/h2-4,6,13,16,22-23H,5,7-9H2,1H3,(H,20,24,25)/t13-,16-,18+,31?/m1/s1/i9D2. The van der Waals surface area contributed by atoms with Crippen LogP contribution >= 0.6 is 7.82 Å². The highest BCUT2D eigenvalue weighted by molar-refractivity contribution is 7.49. The molecule has 0 saturated carbocycles. The molecule has 1 aromatic heterocycles. The lowest BCUT2D eigenvalue weighted by Crippen LogP contribution is -2.37. The minimum atomic E-state index is -4.66. The van der Waals surface area contributed by atoms with Gasteiger partial charge in [-0.05, 0) is 12.5 Å². The minimum absolute atomic E-state index is 0.150. The van der Waals surface area contributed by atoms with E-state index in [9.17, 15) is 24.4 Å². The van der Waals surface area contributed by atoms with E-state index < -0.39 is 56.8 Å². The number of benzene rings is 1. The fourth-order valence-electron chi connectivity index (χ4n) is 3.24. The van der Waals surface area contributed by atoms with Gasteiger partial charge in [-0.15, -0.1) is 0 Å². The SMILES string of the molecule is [2H]C([2H])(OP1(=O)OCc2cccc(C)c2O1)[C@]1(F)C[C@@H](O)[C@H](n2cc(CO)c(=O)[nH]c2=O)O1. The monoisotopic (exact) mass is 460 g/mol. The Morgan fingerprint density at radius 1 is 1.48 bits per heavy atom. The number of para-hydroxylation sites is 1. The zero-order valence-electron chi connectivity index (χ0n) is 18.1. The summed E-state index contributed by atoms with van der Waals surface area (Å²) in [7, 11) is -4.66. The summed E-state index contributed by atoms with van der Waals surface area (Å²) < 4.78 is 65.4. The van der Waals surface area contributed by atoms with Gasteiger partial charge in [0.2, 0.25) is 5.85 Å². The number of phosphoric ester groups is 1. The van der Waals surface area contributed by atoms with Crippen molar-refractivity contribution in [3.05, 3.63) is 61.9 Å². The van der Waals surface area contributed by atoms with Crippen LogP contribution in [0.15, 0.2) is 34.0 Å². The molecule has 0 aliphatic carbocycles. The molecule has 2 aliphatic heterocycles. The number of hydrogen-bond donors (Lipinski definition) is 3. The number of ether oxygens (including phenoxy) is 1. The number of aliphatic hydroxyl groups excluding tert-OH is 2. The Kier molecular flexibility index (Phi) is 4.98. The molecule has 0 spiro atoms. The Morgan fingerprint density at radius 2 is 2.26 bits per heavy atom. The first kappa shape index (κ1) is 19.4. The quantitative estimate of drug-likeness (QED) is 0.556. The maximum Gasteiger partial charge on any atom is 0.530 e. The normalized spacial score (nSPS) is 31.5. The molecule has 1 fully saturated rings. The third-order valence-electron chi connectivity index (χ3n) is 4.78. The number of phosphoric acid groups is 1. The van der Waals surface area contributed by atoms with Crippen molar-refractivity contribution in [1.82, 2.24) is 9.55 Å². The largest absolute Gasteiger partial charge is 0.530 e. The summed E-state index contributed by atoms with van der Waals surface area (Å²) in [6.45, 7) is -2.82. The number of H-pyrrole nitrogens is 1. The molecule has 31 heavy (non-hydrogen) atoms. The van der Waals surface area contributed by atoms with Crippen molar-refractivity contribution in [3.8, 4) is 5.75 Å². The van der Waals surface area contributed by atoms with Crippen LogP contribution in [0, 0.1) is 6.92 Å². The average Bonchev–Trinajstić information content (AvgIpc) is 3.04. The van der Waals surface area contributed by atoms with Gasteiger partial charge in [0.05, 0.1) is 21.5 Å². The molecule has 13 heteroatoms. The highest BCUT2D eigenvalue weighted by atomic mass is 31.2. The lowest BCUT2D eigenvalue weighted by molar-refractivity contribution is -0.179. The van der Waals surface area contributed by atoms with Crippen LogP contribution in [0.5, 0.6) is 5.75 Å². The maximum atomic E-state index is 15.6. The number of aryl methyl sites for hydroxylation is 1. The van der Waals surface area contributed by atoms with Crippen LogP contribution in [-0.2, 0) is 31.6 Å². The number of nitrogens with one attached hydrogen (secondary N) is 1. The Balaban J connectivity index is 1.60. The summed E-state index contributed by atoms with van der Waals surface area (Å²) in [4.78, 5) is 25.6. The average molecular weight is 460 g/mol. The van der Waals surface area contributed by atoms with Crippen molar-refractivity contribution in [3.63, 3.8) is 0 Å². The third-order valence-corrected chi connectivity index (χ3v) is 5.95. The summed E-state index contributed by atoms with van der Waals surface area (Å²) in [5.41, 5.74) is -1.16. The summed E-state index contributed by atoms with van der Waals surface area (Å²) in [5, 5.41) is 19.5. The van der Waals surface area contributed by atoms with E-state index in [1.165, 1.54) is 0 Å². The number of hydrogen-bond acceptors (Lipinski definition) is 9. The number of fused-ring (bicyclic) bond motifs is 1. The number of rotatable bonds is 5. The minimum Gasteiger partial charge on any atom is -0.403 e. The van der Waals surface area contributed by atoms with Crippen LogP contribution in [0.2, 0.25) is 0 Å². The molecular formula is C18H20FN2O9P. The Labute approximate surface area is 177 Å². The van der Waals surface area contributed by atoms with Gasteiger partial charge in [-0.3, -0.25) is 23.4 Å². The molecule has 3 N–H and O–H groups in total. The molecule has 3 heterocycles. The summed E-state index contributed by atoms with van der Waals surface area (Å²) in [6.07, 6.45) is -3.74. The summed E-state index contributed by atoms with van der Waals surface area (Å²) in [6, 6.07) is 5.01. The van der Waals surface area contributed by atoms with Gasteiger partial charge in [0.1, 0.15) is 18.4 Å². The fourth-order valence-corrected chi connectivity index (χ4v) is 4.41. The second-order valence-corrected chi connectivity index (χ2v) is 8.57. The molecule has 168 valence electrons. The third kappa shape index (κ3) is 4.22. The van der Waals surface area contributed by atoms with Crippen molar-refractivity contribution >= 4 is 7.82 Å². The fraction of sp³-hybridized carbons (Fsp3) is 0.444. The van der Waals surface area contributed by atoms with Crippen molar-refractivity contribution in [2.45, 2.75) is 44.7 Å². The molecular weight excluding hydrogens is 438 g/mol. The van der Waals surface area contributed by atoms with Crippen molar-refractivity contribution in [2.75, 3.05) is 6.56 Å². The first-order valence-corrected chi connectivity index (χ1v) is 10.6. The van der Waals surface area contributed by atoms with Crippen molar-refractivity contribution < 1.29 is 40.2 Å². The highest BCUT2D eigenvalue weighted by Gasteiger charge is 2.50. The molecule has 1 saturated heterocycles. The molecule has 0 amide bonds. The van der Waals surface area contributed by atoms with Gasteiger partial charge in [0.15, 0.2) is 6.23 Å². The number of aromatic amines is 1. The van der Waals surface area contributed by atoms with E-state index in [1.54, 1.807) is 25.1 Å². The molecule has 1 aromatic carbocycles. The molecule has 11 nitrogen and oxygen atoms in total. The van der Waals surface area contributed by atoms with Gasteiger partial charge in [-0.25, -0.2) is 13.8 Å². The van der Waals surface area contributed by atoms with Crippen LogP contribution in [0.4, 0.5) is 4.39 Å². The number of nitrogens with zero attached hydrogens (tertiary/aromatic N) is 1. The molecule has 2 aliphatic rings. The number of aromatic nitrogens is 2. The van der Waals surface area contributed by atoms with Crippen LogP contribution in [0.25, 0.3) is 0 Å². The van der Waals surface area contributed by atoms with E-state index in [1.807, 2.05) is 4.98 Å². The van der Waals surface area contributed by atoms with E-state index in [4.69, 9.17) is 21.0 Å². The summed E-state index contributed by atoms with van der Waals surface area (Å²) in [5.74, 6) is -3.25. The van der Waals surface area contributed by atoms with Crippen LogP contribution in [0.1, 0.15) is 32.1 Å². The zero-order chi connectivity index (χ0) is 24.2. The van der Waals surface area contributed by atoms with Gasteiger partial charge in [0.25, 0.3) is 5.56 Å². The highest BCUT2D eigenvalue weighted by Crippen LogP contribution is 2.56. The number of alkyl halides is 1. The molecule has 0 radical (unpaired) electrons. The topological polar surface area (TPSA) is 149 Å². The van der Waals surface area contributed by atoms with Crippen LogP contribution < -0.4 is 15.8 Å². The summed E-state index contributed by atoms with van der Waals surface area (Å²) >= 11 is 0. The van der Waals surface area contributed by atoms with Gasteiger partial charge >= 0.3 is 13.5 Å². The van der Waals surface area contributed by atoms with Crippen molar-refractivity contribution in [2.24, 2.45) is 0 Å². The molecule has 4 atom stereocenters. The number of halogens is 1. The molecule has 2 aromatic rings. The van der Waals surface area contributed by atoms with Gasteiger partial charge in [0, 0.05) is 18.2 Å². The van der Waals surface area contributed by atoms with E-state index >= 15 is 4.39 Å². The van der Waals surface area contributed by atoms with E-state index in [2.05, 4.69) is 0 Å². The lowest BCUT2D eigenvalue weighted by atomic mass is 10.1. The van der Waals surface area contributed by atoms with E-state index in [0.29, 0.717) is 15.7 Å². The van der Waals surface area contributed by atoms with Crippen molar-refractivity contribution in [1.29, 1.82) is 0 Å². The predicted molar refractivity (Wildman–Crippen MR) is 102 cm³/mol. The Hall–Kier alpha value is -2.34. The zero-order valence-corrected chi connectivity index (χ0v) is 17.0. The van der Waals surface area contributed by atoms with Gasteiger partial charge in [-0.1, -0.05) is 18.2 Å².